The van der Waals surface area contributed by atoms with Gasteiger partial charge in [0.15, 0.2) is 0 Å². The van der Waals surface area contributed by atoms with Gasteiger partial charge in [-0.25, -0.2) is 0 Å². The number of halogens is 2. The molecule has 0 nitrogen and oxygen atoms in total. The lowest BCUT2D eigenvalue weighted by atomic mass is 9.90. The summed E-state index contributed by atoms with van der Waals surface area (Å²) in [7, 11) is 0. The Morgan fingerprint density at radius 1 is 0.850 bits per heavy atom. The molecule has 1 unspecified atom stereocenters. The van der Waals surface area contributed by atoms with Crippen LogP contribution in [0.2, 0.25) is 0 Å². The third-order valence-corrected chi connectivity index (χ3v) is 6.45. The van der Waals surface area contributed by atoms with Gasteiger partial charge in [-0.3, -0.25) is 0 Å². The number of hydrogen-bond acceptors (Lipinski definition) is 0. The molecular formula is C18H20Br2. The van der Waals surface area contributed by atoms with E-state index in [2.05, 4.69) is 68.3 Å². The highest BCUT2D eigenvalue weighted by Gasteiger charge is 2.23. The molecule has 2 heteroatoms. The second kappa shape index (κ2) is 6.62. The van der Waals surface area contributed by atoms with Gasteiger partial charge in [-0.1, -0.05) is 87.9 Å². The maximum Gasteiger partial charge on any atom is 0.0429 e. The Morgan fingerprint density at radius 3 is 2.20 bits per heavy atom. The Kier molecular flexibility index (Phi) is 4.83. The van der Waals surface area contributed by atoms with Crippen LogP contribution in [0.25, 0.3) is 10.8 Å². The maximum atomic E-state index is 4.01. The van der Waals surface area contributed by atoms with E-state index in [-0.39, 0.29) is 0 Å². The first-order valence-corrected chi connectivity index (χ1v) is 9.29. The zero-order valence-electron chi connectivity index (χ0n) is 11.6. The van der Waals surface area contributed by atoms with Crippen LogP contribution in [0.3, 0.4) is 0 Å². The van der Waals surface area contributed by atoms with Gasteiger partial charge in [0.1, 0.15) is 0 Å². The van der Waals surface area contributed by atoms with E-state index in [0.717, 1.165) is 5.92 Å². The SMILES string of the molecule is Brc1ccc(C(Br)C2CCCCCC2)c2ccccc12. The van der Waals surface area contributed by atoms with Gasteiger partial charge in [0, 0.05) is 9.30 Å². The molecule has 0 bridgehead atoms. The third kappa shape index (κ3) is 2.96. The minimum Gasteiger partial charge on any atom is -0.0836 e. The van der Waals surface area contributed by atoms with Gasteiger partial charge in [-0.15, -0.1) is 0 Å². The maximum absolute atomic E-state index is 4.01. The normalized spacial score (nSPS) is 18.9. The van der Waals surface area contributed by atoms with E-state index in [9.17, 15) is 0 Å². The molecule has 0 aromatic heterocycles. The topological polar surface area (TPSA) is 0 Å². The highest BCUT2D eigenvalue weighted by molar-refractivity contribution is 9.10. The molecular weight excluding hydrogens is 376 g/mol. The number of alkyl halides is 1. The lowest BCUT2D eigenvalue weighted by Crippen LogP contribution is -2.07. The second-order valence-electron chi connectivity index (χ2n) is 5.84. The van der Waals surface area contributed by atoms with E-state index < -0.39 is 0 Å². The van der Waals surface area contributed by atoms with Crippen LogP contribution in [0.15, 0.2) is 40.9 Å². The summed E-state index contributed by atoms with van der Waals surface area (Å²) in [6.07, 6.45) is 8.33. The summed E-state index contributed by atoms with van der Waals surface area (Å²) in [5.41, 5.74) is 1.45. The zero-order valence-corrected chi connectivity index (χ0v) is 14.8. The van der Waals surface area contributed by atoms with Gasteiger partial charge in [-0.2, -0.15) is 0 Å². The zero-order chi connectivity index (χ0) is 13.9. The van der Waals surface area contributed by atoms with E-state index in [0.29, 0.717) is 4.83 Å². The van der Waals surface area contributed by atoms with Crippen molar-refractivity contribution in [3.63, 3.8) is 0 Å². The first kappa shape index (κ1) is 14.6. The van der Waals surface area contributed by atoms with Gasteiger partial charge < -0.3 is 0 Å². The predicted octanol–water partition coefficient (Wildman–Crippen LogP) is 7.01. The van der Waals surface area contributed by atoms with Gasteiger partial charge in [-0.05, 0) is 41.2 Å². The van der Waals surface area contributed by atoms with Crippen LogP contribution >= 0.6 is 31.9 Å². The van der Waals surface area contributed by atoms with Gasteiger partial charge >= 0.3 is 0 Å². The van der Waals surface area contributed by atoms with E-state index in [4.69, 9.17) is 0 Å². The van der Waals surface area contributed by atoms with E-state index in [1.807, 2.05) is 0 Å². The van der Waals surface area contributed by atoms with Crippen LogP contribution < -0.4 is 0 Å². The lowest BCUT2D eigenvalue weighted by Gasteiger charge is -2.23. The first-order chi connectivity index (χ1) is 9.77. The number of fused-ring (bicyclic) bond motifs is 1. The van der Waals surface area contributed by atoms with Crippen LogP contribution in [-0.2, 0) is 0 Å². The molecule has 20 heavy (non-hydrogen) atoms. The molecule has 1 aliphatic rings. The monoisotopic (exact) mass is 394 g/mol. The molecule has 0 spiro atoms. The van der Waals surface area contributed by atoms with Crippen molar-refractivity contribution in [1.82, 2.24) is 0 Å². The minimum atomic E-state index is 0.485. The fourth-order valence-corrected chi connectivity index (χ4v) is 4.79. The van der Waals surface area contributed by atoms with E-state index in [1.165, 1.54) is 59.3 Å². The second-order valence-corrected chi connectivity index (χ2v) is 7.68. The van der Waals surface area contributed by atoms with E-state index >= 15 is 0 Å². The standard InChI is InChI=1S/C18H20Br2/c19-17-12-11-16(14-9-5-6-10-15(14)17)18(20)13-7-3-1-2-4-8-13/h5-6,9-13,18H,1-4,7-8H2. The highest BCUT2D eigenvalue weighted by atomic mass is 79.9. The fraction of sp³-hybridized carbons (Fsp3) is 0.444. The van der Waals surface area contributed by atoms with Gasteiger partial charge in [0.25, 0.3) is 0 Å². The van der Waals surface area contributed by atoms with Crippen LogP contribution in [0, 0.1) is 5.92 Å². The largest absolute Gasteiger partial charge is 0.0836 e. The highest BCUT2D eigenvalue weighted by Crippen LogP contribution is 2.42. The number of benzene rings is 2. The summed E-state index contributed by atoms with van der Waals surface area (Å²) in [4.78, 5) is 0.485. The van der Waals surface area contributed by atoms with Crippen molar-refractivity contribution in [2.75, 3.05) is 0 Å². The lowest BCUT2D eigenvalue weighted by molar-refractivity contribution is 0.456. The summed E-state index contributed by atoms with van der Waals surface area (Å²) in [6, 6.07) is 13.2. The van der Waals surface area contributed by atoms with Crippen molar-refractivity contribution >= 4 is 42.6 Å². The molecule has 0 N–H and O–H groups in total. The molecule has 3 rings (SSSR count). The Hall–Kier alpha value is -0.340. The molecule has 2 aromatic rings. The summed E-state index contributed by atoms with van der Waals surface area (Å²) >= 11 is 7.69. The summed E-state index contributed by atoms with van der Waals surface area (Å²) < 4.78 is 1.19. The summed E-state index contributed by atoms with van der Waals surface area (Å²) in [5.74, 6) is 0.780. The summed E-state index contributed by atoms with van der Waals surface area (Å²) in [6.45, 7) is 0. The number of rotatable bonds is 2. The van der Waals surface area contributed by atoms with Crippen LogP contribution in [-0.4, -0.2) is 0 Å². The molecule has 0 amide bonds. The van der Waals surface area contributed by atoms with E-state index in [1.54, 1.807) is 0 Å². The Balaban J connectivity index is 1.98. The van der Waals surface area contributed by atoms with Crippen molar-refractivity contribution in [2.45, 2.75) is 43.4 Å². The van der Waals surface area contributed by atoms with Crippen molar-refractivity contribution in [3.8, 4) is 0 Å². The molecule has 106 valence electrons. The summed E-state index contributed by atoms with van der Waals surface area (Å²) in [5, 5.41) is 2.70. The molecule has 0 radical (unpaired) electrons. The van der Waals surface area contributed by atoms with Gasteiger partial charge in [0.05, 0.1) is 0 Å². The van der Waals surface area contributed by atoms with Crippen molar-refractivity contribution < 1.29 is 0 Å². The van der Waals surface area contributed by atoms with Crippen molar-refractivity contribution in [2.24, 2.45) is 5.92 Å². The smallest absolute Gasteiger partial charge is 0.0429 e. The molecule has 2 aromatic carbocycles. The Bertz CT molecular complexity index is 583. The fourth-order valence-electron chi connectivity index (χ4n) is 3.38. The van der Waals surface area contributed by atoms with Gasteiger partial charge in [0.2, 0.25) is 0 Å². The molecule has 0 aliphatic heterocycles. The third-order valence-electron chi connectivity index (χ3n) is 4.52. The average molecular weight is 396 g/mol. The molecule has 1 fully saturated rings. The van der Waals surface area contributed by atoms with Crippen LogP contribution in [0.1, 0.15) is 48.9 Å². The quantitative estimate of drug-likeness (QED) is 0.379. The molecule has 0 saturated heterocycles. The molecule has 1 saturated carbocycles. The average Bonchev–Trinajstić information content (AvgIpc) is 2.76. The van der Waals surface area contributed by atoms with Crippen LogP contribution in [0.4, 0.5) is 0 Å². The molecule has 1 aliphatic carbocycles. The van der Waals surface area contributed by atoms with Crippen molar-refractivity contribution in [3.05, 3.63) is 46.4 Å². The Labute approximate surface area is 138 Å². The minimum absolute atomic E-state index is 0.485. The Morgan fingerprint density at radius 2 is 1.50 bits per heavy atom. The first-order valence-electron chi connectivity index (χ1n) is 7.58. The molecule has 1 atom stereocenters. The predicted molar refractivity (Wildman–Crippen MR) is 94.5 cm³/mol. The van der Waals surface area contributed by atoms with Crippen LogP contribution in [0.5, 0.6) is 0 Å². The van der Waals surface area contributed by atoms with Crippen molar-refractivity contribution in [1.29, 1.82) is 0 Å². The molecule has 0 heterocycles. The number of hydrogen-bond donors (Lipinski definition) is 0.